The molecule has 2 amide bonds. The van der Waals surface area contributed by atoms with E-state index in [0.29, 0.717) is 35.2 Å². The van der Waals surface area contributed by atoms with Crippen molar-refractivity contribution in [2.24, 2.45) is 11.7 Å². The summed E-state index contributed by atoms with van der Waals surface area (Å²) in [7, 11) is 0. The van der Waals surface area contributed by atoms with Crippen LogP contribution < -0.4 is 11.1 Å². The van der Waals surface area contributed by atoms with Gasteiger partial charge in [0.15, 0.2) is 0 Å². The highest BCUT2D eigenvalue weighted by Gasteiger charge is 2.30. The topological polar surface area (TPSA) is 111 Å². The molecule has 1 saturated carbocycles. The number of rotatable bonds is 6. The maximum Gasteiger partial charge on any atom is 0.286 e. The first-order chi connectivity index (χ1) is 14.0. The third-order valence-electron chi connectivity index (χ3n) is 6.04. The highest BCUT2D eigenvalue weighted by molar-refractivity contribution is 6.09. The van der Waals surface area contributed by atoms with Gasteiger partial charge in [-0.1, -0.05) is 0 Å². The summed E-state index contributed by atoms with van der Waals surface area (Å²) in [4.78, 5) is 31.1. The number of aryl methyl sites for hydroxylation is 1. The summed E-state index contributed by atoms with van der Waals surface area (Å²) in [6, 6.07) is 4.20. The van der Waals surface area contributed by atoms with Crippen molar-refractivity contribution in [3.8, 4) is 0 Å². The van der Waals surface area contributed by atoms with Crippen molar-refractivity contribution >= 4 is 28.6 Å². The van der Waals surface area contributed by atoms with Crippen molar-refractivity contribution in [2.75, 3.05) is 31.6 Å². The van der Waals surface area contributed by atoms with Crippen molar-refractivity contribution in [3.63, 3.8) is 0 Å². The lowest BCUT2D eigenvalue weighted by molar-refractivity contribution is -0.116. The standard InChI is InChI=1S/C21H28N4O4/c1-13-2-6-16-18(19(20(22)27)29-21(16)23-13)24-17(26)7-4-14-3-5-15(12-14)25-8-10-28-11-9-25/h2,6,14-15H,3-5,7-12H2,1H3,(H2,22,27)(H,24,26)/t14?,15-/m1/s1. The van der Waals surface area contributed by atoms with Crippen LogP contribution in [0, 0.1) is 12.8 Å². The molecule has 0 aromatic carbocycles. The molecule has 1 saturated heterocycles. The number of pyridine rings is 1. The van der Waals surface area contributed by atoms with Crippen molar-refractivity contribution in [3.05, 3.63) is 23.6 Å². The summed E-state index contributed by atoms with van der Waals surface area (Å²) in [5, 5.41) is 3.42. The van der Waals surface area contributed by atoms with Gasteiger partial charge in [0.25, 0.3) is 5.91 Å². The Balaban J connectivity index is 1.35. The second kappa shape index (κ2) is 8.51. The van der Waals surface area contributed by atoms with Gasteiger partial charge < -0.3 is 20.2 Å². The largest absolute Gasteiger partial charge is 0.430 e. The number of carbonyl (C=O) groups excluding carboxylic acids is 2. The SMILES string of the molecule is Cc1ccc2c(NC(=O)CCC3CC[C@@H](N4CCOCC4)C3)c(C(N)=O)oc2n1. The van der Waals surface area contributed by atoms with Crippen molar-refractivity contribution in [1.82, 2.24) is 9.88 Å². The van der Waals surface area contributed by atoms with Crippen LogP contribution in [0.2, 0.25) is 0 Å². The molecule has 0 spiro atoms. The van der Waals surface area contributed by atoms with Gasteiger partial charge in [-0.3, -0.25) is 14.5 Å². The molecule has 1 unspecified atom stereocenters. The number of fused-ring (bicyclic) bond motifs is 1. The number of amides is 2. The van der Waals surface area contributed by atoms with Gasteiger partial charge in [0.2, 0.25) is 17.4 Å². The molecule has 8 nitrogen and oxygen atoms in total. The van der Waals surface area contributed by atoms with E-state index >= 15 is 0 Å². The van der Waals surface area contributed by atoms with Gasteiger partial charge in [0.05, 0.1) is 18.6 Å². The first-order valence-corrected chi connectivity index (χ1v) is 10.3. The fourth-order valence-electron chi connectivity index (χ4n) is 4.49. The molecule has 0 radical (unpaired) electrons. The number of primary amides is 1. The molecule has 2 aliphatic rings. The first-order valence-electron chi connectivity index (χ1n) is 10.3. The molecular weight excluding hydrogens is 372 g/mol. The monoisotopic (exact) mass is 400 g/mol. The quantitative estimate of drug-likeness (QED) is 0.771. The van der Waals surface area contributed by atoms with Gasteiger partial charge >= 0.3 is 0 Å². The second-order valence-electron chi connectivity index (χ2n) is 8.04. The molecule has 156 valence electrons. The van der Waals surface area contributed by atoms with Gasteiger partial charge in [-0.25, -0.2) is 4.98 Å². The van der Waals surface area contributed by atoms with Crippen LogP contribution in [0.15, 0.2) is 16.5 Å². The predicted octanol–water partition coefficient (Wildman–Crippen LogP) is 2.45. The maximum atomic E-state index is 12.6. The van der Waals surface area contributed by atoms with Crippen LogP contribution in [-0.4, -0.2) is 54.0 Å². The summed E-state index contributed by atoms with van der Waals surface area (Å²) in [6.45, 7) is 5.48. The third-order valence-corrected chi connectivity index (χ3v) is 6.04. The Kier molecular flexibility index (Phi) is 5.82. The van der Waals surface area contributed by atoms with Crippen LogP contribution in [0.4, 0.5) is 5.69 Å². The third kappa shape index (κ3) is 4.43. The van der Waals surface area contributed by atoms with Crippen molar-refractivity contribution in [2.45, 2.75) is 45.1 Å². The van der Waals surface area contributed by atoms with E-state index in [9.17, 15) is 9.59 Å². The molecule has 8 heteroatoms. The van der Waals surface area contributed by atoms with E-state index in [1.54, 1.807) is 6.07 Å². The Morgan fingerprint density at radius 2 is 2.07 bits per heavy atom. The van der Waals surface area contributed by atoms with Crippen LogP contribution in [0.25, 0.3) is 11.1 Å². The molecule has 2 aromatic rings. The summed E-state index contributed by atoms with van der Waals surface area (Å²) >= 11 is 0. The zero-order chi connectivity index (χ0) is 20.4. The lowest BCUT2D eigenvalue weighted by Gasteiger charge is -2.32. The second-order valence-corrected chi connectivity index (χ2v) is 8.04. The minimum Gasteiger partial charge on any atom is -0.430 e. The Hall–Kier alpha value is -2.45. The number of hydrogen-bond donors (Lipinski definition) is 2. The highest BCUT2D eigenvalue weighted by Crippen LogP contribution is 2.34. The Morgan fingerprint density at radius 3 is 2.83 bits per heavy atom. The minimum atomic E-state index is -0.722. The van der Waals surface area contributed by atoms with E-state index in [-0.39, 0.29) is 11.7 Å². The molecule has 29 heavy (non-hydrogen) atoms. The average Bonchev–Trinajstić information content (AvgIpc) is 3.32. The summed E-state index contributed by atoms with van der Waals surface area (Å²) < 4.78 is 10.9. The van der Waals surface area contributed by atoms with Crippen LogP contribution in [0.5, 0.6) is 0 Å². The van der Waals surface area contributed by atoms with E-state index in [1.165, 1.54) is 6.42 Å². The lowest BCUT2D eigenvalue weighted by Crippen LogP contribution is -2.42. The number of nitrogens with two attached hydrogens (primary N) is 1. The number of aromatic nitrogens is 1. The molecule has 2 fully saturated rings. The molecule has 1 aliphatic carbocycles. The average molecular weight is 400 g/mol. The number of hydrogen-bond acceptors (Lipinski definition) is 6. The molecule has 0 bridgehead atoms. The number of carbonyl (C=O) groups is 2. The van der Waals surface area contributed by atoms with Gasteiger partial charge in [-0.15, -0.1) is 0 Å². The van der Waals surface area contributed by atoms with Crippen molar-refractivity contribution < 1.29 is 18.7 Å². The number of morpholine rings is 1. The fourth-order valence-corrected chi connectivity index (χ4v) is 4.49. The van der Waals surface area contributed by atoms with E-state index < -0.39 is 5.91 Å². The summed E-state index contributed by atoms with van der Waals surface area (Å²) in [6.07, 6.45) is 4.73. The zero-order valence-electron chi connectivity index (χ0n) is 16.8. The fraction of sp³-hybridized carbons (Fsp3) is 0.571. The van der Waals surface area contributed by atoms with Crippen LogP contribution in [0.3, 0.4) is 0 Å². The normalized spacial score (nSPS) is 22.8. The van der Waals surface area contributed by atoms with Gasteiger partial charge in [-0.05, 0) is 50.7 Å². The van der Waals surface area contributed by atoms with E-state index in [4.69, 9.17) is 14.9 Å². The molecule has 2 aromatic heterocycles. The van der Waals surface area contributed by atoms with Crippen LogP contribution in [-0.2, 0) is 9.53 Å². The summed E-state index contributed by atoms with van der Waals surface area (Å²) in [5.41, 5.74) is 6.81. The number of anilines is 1. The van der Waals surface area contributed by atoms with E-state index in [2.05, 4.69) is 15.2 Å². The number of ether oxygens (including phenoxy) is 1. The molecule has 1 aliphatic heterocycles. The van der Waals surface area contributed by atoms with E-state index in [0.717, 1.165) is 51.3 Å². The number of nitrogens with one attached hydrogen (secondary N) is 1. The number of nitrogens with zero attached hydrogens (tertiary/aromatic N) is 2. The van der Waals surface area contributed by atoms with Gasteiger partial charge in [0.1, 0.15) is 5.69 Å². The highest BCUT2D eigenvalue weighted by atomic mass is 16.5. The van der Waals surface area contributed by atoms with Crippen LogP contribution >= 0.6 is 0 Å². The minimum absolute atomic E-state index is 0.0558. The maximum absolute atomic E-state index is 12.6. The predicted molar refractivity (Wildman–Crippen MR) is 109 cm³/mol. The van der Waals surface area contributed by atoms with E-state index in [1.807, 2.05) is 13.0 Å². The zero-order valence-corrected chi connectivity index (χ0v) is 16.8. The Bertz CT molecular complexity index is 903. The molecule has 2 atom stereocenters. The van der Waals surface area contributed by atoms with Gasteiger partial charge in [-0.2, -0.15) is 0 Å². The smallest absolute Gasteiger partial charge is 0.286 e. The van der Waals surface area contributed by atoms with Crippen molar-refractivity contribution in [1.29, 1.82) is 0 Å². The van der Waals surface area contributed by atoms with Crippen LogP contribution in [0.1, 0.15) is 48.4 Å². The molecule has 4 rings (SSSR count). The molecule has 3 heterocycles. The number of furan rings is 1. The summed E-state index contributed by atoms with van der Waals surface area (Å²) in [5.74, 6) is -0.361. The Morgan fingerprint density at radius 1 is 1.28 bits per heavy atom. The molecular formula is C21H28N4O4. The van der Waals surface area contributed by atoms with Gasteiger partial charge in [0, 0.05) is 31.2 Å². The Labute approximate surface area is 169 Å². The first kappa shape index (κ1) is 19.8. The molecule has 3 N–H and O–H groups in total. The lowest BCUT2D eigenvalue weighted by atomic mass is 10.0.